The first-order chi connectivity index (χ1) is 13.4. The highest BCUT2D eigenvalue weighted by atomic mass is 32.2. The second kappa shape index (κ2) is 9.40. The molecule has 1 aliphatic heterocycles. The SMILES string of the molecule is CCN(CC(c1ccccc1F)N1CCN(C(=O)OC(C)(C)C)CC1)S(C)(=O)=O. The summed E-state index contributed by atoms with van der Waals surface area (Å²) in [6, 6.07) is 6.00. The standard InChI is InChI=1S/C20H32FN3O4S/c1-6-24(29(5,26)27)15-18(16-9-7-8-10-17(16)21)22-11-13-23(14-12-22)19(25)28-20(2,3)4/h7-10,18H,6,11-15H2,1-5H3. The third-order valence-electron chi connectivity index (χ3n) is 4.87. The number of piperazine rings is 1. The first-order valence-corrected chi connectivity index (χ1v) is 11.7. The van der Waals surface area contributed by atoms with Gasteiger partial charge in [-0.2, -0.15) is 0 Å². The summed E-state index contributed by atoms with van der Waals surface area (Å²) in [7, 11) is -3.41. The number of benzene rings is 1. The van der Waals surface area contributed by atoms with Crippen LogP contribution >= 0.6 is 0 Å². The highest BCUT2D eigenvalue weighted by Gasteiger charge is 2.32. The van der Waals surface area contributed by atoms with E-state index < -0.39 is 21.7 Å². The van der Waals surface area contributed by atoms with Crippen LogP contribution in [0.5, 0.6) is 0 Å². The number of rotatable bonds is 6. The lowest BCUT2D eigenvalue weighted by Crippen LogP contribution is -2.52. The summed E-state index contributed by atoms with van der Waals surface area (Å²) < 4.78 is 45.6. The lowest BCUT2D eigenvalue weighted by Gasteiger charge is -2.41. The molecule has 2 rings (SSSR count). The minimum atomic E-state index is -3.41. The van der Waals surface area contributed by atoms with E-state index in [2.05, 4.69) is 0 Å². The van der Waals surface area contributed by atoms with Crippen LogP contribution in [0.15, 0.2) is 24.3 Å². The zero-order valence-electron chi connectivity index (χ0n) is 17.9. The van der Waals surface area contributed by atoms with Gasteiger partial charge in [0.1, 0.15) is 11.4 Å². The molecule has 0 saturated carbocycles. The Balaban J connectivity index is 2.19. The Morgan fingerprint density at radius 1 is 1.21 bits per heavy atom. The third kappa shape index (κ3) is 6.65. The molecule has 0 aliphatic carbocycles. The zero-order chi connectivity index (χ0) is 21.8. The molecule has 1 aromatic rings. The van der Waals surface area contributed by atoms with Crippen LogP contribution in [0, 0.1) is 5.82 Å². The van der Waals surface area contributed by atoms with E-state index in [1.54, 1.807) is 30.0 Å². The van der Waals surface area contributed by atoms with Crippen molar-refractivity contribution in [2.75, 3.05) is 45.5 Å². The number of likely N-dealkylation sites (N-methyl/N-ethyl adjacent to an activating group) is 1. The Morgan fingerprint density at radius 3 is 2.28 bits per heavy atom. The Hall–Kier alpha value is -1.71. The van der Waals surface area contributed by atoms with Crippen molar-refractivity contribution in [3.8, 4) is 0 Å². The van der Waals surface area contributed by atoms with Gasteiger partial charge in [-0.3, -0.25) is 4.90 Å². The van der Waals surface area contributed by atoms with Crippen LogP contribution in [-0.2, 0) is 14.8 Å². The molecule has 7 nitrogen and oxygen atoms in total. The molecular formula is C20H32FN3O4S. The van der Waals surface area contributed by atoms with Crippen LogP contribution in [-0.4, -0.2) is 79.7 Å². The first kappa shape index (κ1) is 23.6. The minimum absolute atomic E-state index is 0.155. The van der Waals surface area contributed by atoms with Gasteiger partial charge in [0.25, 0.3) is 0 Å². The van der Waals surface area contributed by atoms with Crippen molar-refractivity contribution in [2.45, 2.75) is 39.3 Å². The van der Waals surface area contributed by atoms with Gasteiger partial charge in [0.05, 0.1) is 12.3 Å². The van der Waals surface area contributed by atoms with Crippen molar-refractivity contribution in [1.82, 2.24) is 14.1 Å². The van der Waals surface area contributed by atoms with E-state index in [4.69, 9.17) is 4.74 Å². The highest BCUT2D eigenvalue weighted by Crippen LogP contribution is 2.27. The van der Waals surface area contributed by atoms with Gasteiger partial charge in [-0.1, -0.05) is 25.1 Å². The number of hydrogen-bond acceptors (Lipinski definition) is 5. The van der Waals surface area contributed by atoms with Crippen LogP contribution in [0.1, 0.15) is 39.3 Å². The maximum absolute atomic E-state index is 14.6. The average molecular weight is 430 g/mol. The summed E-state index contributed by atoms with van der Waals surface area (Å²) in [4.78, 5) is 16.0. The first-order valence-electron chi connectivity index (χ1n) is 9.84. The van der Waals surface area contributed by atoms with E-state index in [-0.39, 0.29) is 18.5 Å². The molecule has 1 aromatic carbocycles. The van der Waals surface area contributed by atoms with Crippen LogP contribution in [0.25, 0.3) is 0 Å². The van der Waals surface area contributed by atoms with Gasteiger partial charge in [-0.25, -0.2) is 21.9 Å². The van der Waals surface area contributed by atoms with Crippen LogP contribution in [0.2, 0.25) is 0 Å². The Kier molecular flexibility index (Phi) is 7.64. The molecule has 0 radical (unpaired) electrons. The lowest BCUT2D eigenvalue weighted by molar-refractivity contribution is 0.00916. The Labute approximate surface area is 173 Å². The van der Waals surface area contributed by atoms with Crippen molar-refractivity contribution >= 4 is 16.1 Å². The molecule has 1 aliphatic rings. The van der Waals surface area contributed by atoms with Crippen LogP contribution < -0.4 is 0 Å². The topological polar surface area (TPSA) is 70.2 Å². The predicted octanol–water partition coefficient (Wildman–Crippen LogP) is 2.70. The van der Waals surface area contributed by atoms with Gasteiger partial charge in [0, 0.05) is 44.8 Å². The summed E-state index contributed by atoms with van der Waals surface area (Å²) in [5.41, 5.74) is -0.110. The molecule has 1 unspecified atom stereocenters. The van der Waals surface area contributed by atoms with Crippen LogP contribution in [0.3, 0.4) is 0 Å². The van der Waals surface area contributed by atoms with Gasteiger partial charge >= 0.3 is 6.09 Å². The molecule has 164 valence electrons. The quantitative estimate of drug-likeness (QED) is 0.695. The van der Waals surface area contributed by atoms with E-state index in [1.165, 1.54) is 10.4 Å². The van der Waals surface area contributed by atoms with Gasteiger partial charge in [-0.15, -0.1) is 0 Å². The van der Waals surface area contributed by atoms with Gasteiger partial charge < -0.3 is 9.64 Å². The van der Waals surface area contributed by atoms with Gasteiger partial charge in [-0.05, 0) is 26.8 Å². The largest absolute Gasteiger partial charge is 0.444 e. The van der Waals surface area contributed by atoms with Crippen molar-refractivity contribution < 1.29 is 22.3 Å². The van der Waals surface area contributed by atoms with E-state index in [0.29, 0.717) is 38.3 Å². The number of nitrogens with zero attached hydrogens (tertiary/aromatic N) is 3. The molecule has 0 spiro atoms. The monoisotopic (exact) mass is 429 g/mol. The highest BCUT2D eigenvalue weighted by molar-refractivity contribution is 7.88. The number of carbonyl (C=O) groups excluding carboxylic acids is 1. The normalized spacial score (nSPS) is 17.4. The number of hydrogen-bond donors (Lipinski definition) is 0. The lowest BCUT2D eigenvalue weighted by atomic mass is 10.0. The van der Waals surface area contributed by atoms with E-state index >= 15 is 0 Å². The predicted molar refractivity (Wildman–Crippen MR) is 111 cm³/mol. The van der Waals surface area contributed by atoms with Crippen molar-refractivity contribution in [2.24, 2.45) is 0 Å². The number of amides is 1. The van der Waals surface area contributed by atoms with Crippen molar-refractivity contribution in [3.05, 3.63) is 35.6 Å². The summed E-state index contributed by atoms with van der Waals surface area (Å²) in [5.74, 6) is -0.364. The number of halogens is 1. The molecule has 0 aromatic heterocycles. The molecule has 1 amide bonds. The zero-order valence-corrected chi connectivity index (χ0v) is 18.7. The Morgan fingerprint density at radius 2 is 1.79 bits per heavy atom. The minimum Gasteiger partial charge on any atom is -0.444 e. The van der Waals surface area contributed by atoms with Crippen molar-refractivity contribution in [3.63, 3.8) is 0 Å². The summed E-state index contributed by atoms with van der Waals surface area (Å²) >= 11 is 0. The molecule has 1 saturated heterocycles. The van der Waals surface area contributed by atoms with Gasteiger partial charge in [0.15, 0.2) is 0 Å². The molecule has 1 atom stereocenters. The number of ether oxygens (including phenoxy) is 1. The summed E-state index contributed by atoms with van der Waals surface area (Å²) in [6.07, 6.45) is 0.793. The second-order valence-corrected chi connectivity index (χ2v) is 10.2. The molecule has 29 heavy (non-hydrogen) atoms. The third-order valence-corrected chi connectivity index (χ3v) is 6.21. The number of sulfonamides is 1. The molecule has 9 heteroatoms. The summed E-state index contributed by atoms with van der Waals surface area (Å²) in [6.45, 7) is 9.55. The van der Waals surface area contributed by atoms with Gasteiger partial charge in [0.2, 0.25) is 10.0 Å². The second-order valence-electron chi connectivity index (χ2n) is 8.25. The fraction of sp³-hybridized carbons (Fsp3) is 0.650. The fourth-order valence-corrected chi connectivity index (χ4v) is 4.27. The molecule has 1 heterocycles. The molecule has 0 N–H and O–H groups in total. The molecule has 0 bridgehead atoms. The van der Waals surface area contributed by atoms with Crippen LogP contribution in [0.4, 0.5) is 9.18 Å². The molecular weight excluding hydrogens is 397 g/mol. The van der Waals surface area contributed by atoms with Crippen molar-refractivity contribution in [1.29, 1.82) is 0 Å². The fourth-order valence-electron chi connectivity index (χ4n) is 3.39. The number of carbonyl (C=O) groups is 1. The Bertz CT molecular complexity index is 802. The van der Waals surface area contributed by atoms with E-state index in [1.807, 2.05) is 25.7 Å². The summed E-state index contributed by atoms with van der Waals surface area (Å²) in [5, 5.41) is 0. The average Bonchev–Trinajstić information content (AvgIpc) is 2.61. The molecule has 1 fully saturated rings. The van der Waals surface area contributed by atoms with E-state index in [0.717, 1.165) is 6.26 Å². The van der Waals surface area contributed by atoms with E-state index in [9.17, 15) is 17.6 Å². The maximum atomic E-state index is 14.6. The smallest absolute Gasteiger partial charge is 0.410 e. The maximum Gasteiger partial charge on any atom is 0.410 e.